The van der Waals surface area contributed by atoms with Crippen LogP contribution < -0.4 is 0 Å². The van der Waals surface area contributed by atoms with Crippen LogP contribution in [0.1, 0.15) is 16.8 Å². The van der Waals surface area contributed by atoms with Gasteiger partial charge in [-0.3, -0.25) is 4.79 Å². The van der Waals surface area contributed by atoms with Crippen molar-refractivity contribution >= 4 is 17.5 Å². The minimum absolute atomic E-state index is 0.179. The molecule has 1 aromatic rings. The minimum atomic E-state index is 0.179. The zero-order valence-corrected chi connectivity index (χ0v) is 11.5. The summed E-state index contributed by atoms with van der Waals surface area (Å²) in [6.07, 6.45) is 1.26. The number of halogens is 1. The second-order valence-corrected chi connectivity index (χ2v) is 6.44. The van der Waals surface area contributed by atoms with E-state index in [1.165, 1.54) is 19.5 Å². The summed E-state index contributed by atoms with van der Waals surface area (Å²) in [5.41, 5.74) is 0.767. The summed E-state index contributed by atoms with van der Waals surface area (Å²) in [7, 11) is 0. The van der Waals surface area contributed by atoms with Gasteiger partial charge >= 0.3 is 0 Å². The number of likely N-dealkylation sites (tertiary alicyclic amines) is 1. The van der Waals surface area contributed by atoms with Crippen LogP contribution in [0.3, 0.4) is 0 Å². The lowest BCUT2D eigenvalue weighted by Crippen LogP contribution is -2.54. The summed E-state index contributed by atoms with van der Waals surface area (Å²) in [5.74, 6) is 1.61. The fraction of sp³-hybridized carbons (Fsp3) is 0.533. The first-order valence-corrected chi connectivity index (χ1v) is 7.39. The molecule has 1 amide bonds. The summed E-state index contributed by atoms with van der Waals surface area (Å²) in [6, 6.07) is 7.71. The van der Waals surface area contributed by atoms with E-state index >= 15 is 0 Å². The SMILES string of the molecule is O=C(c1ccc(Cl)cc1)N1C[C@@H]2CN3CC[C@@H]2[C@@H]1C3. The van der Waals surface area contributed by atoms with Gasteiger partial charge in [0.05, 0.1) is 0 Å². The maximum absolute atomic E-state index is 12.6. The second kappa shape index (κ2) is 4.22. The molecule has 5 rings (SSSR count). The lowest BCUT2D eigenvalue weighted by Gasteiger charge is -2.44. The van der Waals surface area contributed by atoms with E-state index in [4.69, 9.17) is 11.6 Å². The predicted molar refractivity (Wildman–Crippen MR) is 74.3 cm³/mol. The molecule has 1 unspecified atom stereocenters. The lowest BCUT2D eigenvalue weighted by molar-refractivity contribution is 0.0422. The molecule has 4 fully saturated rings. The molecule has 4 saturated heterocycles. The summed E-state index contributed by atoms with van der Waals surface area (Å²) < 4.78 is 0. The average Bonchev–Trinajstić information content (AvgIpc) is 2.71. The molecule has 4 bridgehead atoms. The first-order valence-electron chi connectivity index (χ1n) is 7.01. The number of hydrogen-bond donors (Lipinski definition) is 0. The number of carbonyl (C=O) groups excluding carboxylic acids is 1. The van der Waals surface area contributed by atoms with E-state index in [0.717, 1.165) is 24.6 Å². The molecular weight excluding hydrogens is 260 g/mol. The van der Waals surface area contributed by atoms with Crippen LogP contribution in [-0.4, -0.2) is 47.9 Å². The van der Waals surface area contributed by atoms with Crippen molar-refractivity contribution in [1.29, 1.82) is 0 Å². The van der Waals surface area contributed by atoms with Crippen LogP contribution in [0, 0.1) is 11.8 Å². The van der Waals surface area contributed by atoms with Gasteiger partial charge in [0.15, 0.2) is 0 Å². The fourth-order valence-corrected chi connectivity index (χ4v) is 4.23. The summed E-state index contributed by atoms with van der Waals surface area (Å²) in [6.45, 7) is 4.42. The highest BCUT2D eigenvalue weighted by Gasteiger charge is 2.50. The van der Waals surface area contributed by atoms with Crippen molar-refractivity contribution in [1.82, 2.24) is 9.80 Å². The molecule has 3 nitrogen and oxygen atoms in total. The standard InChI is InChI=1S/C15H17ClN2O/c16-12-3-1-10(2-4-12)15(19)18-8-11-7-17-6-5-13(11)14(18)9-17/h1-4,11,13-14H,5-9H2/t11-,13-,14-/m0/s1. The number of amides is 1. The van der Waals surface area contributed by atoms with Gasteiger partial charge in [0, 0.05) is 36.3 Å². The Kier molecular flexibility index (Phi) is 2.61. The van der Waals surface area contributed by atoms with Crippen LogP contribution in [0.4, 0.5) is 0 Å². The topological polar surface area (TPSA) is 23.6 Å². The number of nitrogens with zero attached hydrogens (tertiary/aromatic N) is 2. The van der Waals surface area contributed by atoms with Crippen molar-refractivity contribution in [2.75, 3.05) is 26.2 Å². The highest BCUT2D eigenvalue weighted by molar-refractivity contribution is 6.30. The van der Waals surface area contributed by atoms with Crippen molar-refractivity contribution in [2.45, 2.75) is 12.5 Å². The van der Waals surface area contributed by atoms with E-state index in [1.807, 2.05) is 12.1 Å². The molecule has 4 heteroatoms. The van der Waals surface area contributed by atoms with Crippen LogP contribution in [0.15, 0.2) is 24.3 Å². The zero-order valence-electron chi connectivity index (χ0n) is 10.8. The molecule has 0 saturated carbocycles. The number of piperidine rings is 3. The van der Waals surface area contributed by atoms with E-state index in [2.05, 4.69) is 9.80 Å². The third-order valence-electron chi connectivity index (χ3n) is 5.00. The molecule has 4 aliphatic rings. The van der Waals surface area contributed by atoms with Crippen molar-refractivity contribution in [3.63, 3.8) is 0 Å². The second-order valence-electron chi connectivity index (χ2n) is 6.00. The Morgan fingerprint density at radius 2 is 1.95 bits per heavy atom. The lowest BCUT2D eigenvalue weighted by atomic mass is 9.80. The molecule has 0 aliphatic carbocycles. The van der Waals surface area contributed by atoms with Crippen LogP contribution >= 0.6 is 11.6 Å². The molecule has 4 aliphatic heterocycles. The molecule has 1 aromatic carbocycles. The molecule has 100 valence electrons. The average molecular weight is 277 g/mol. The molecule has 4 heterocycles. The Morgan fingerprint density at radius 3 is 2.63 bits per heavy atom. The molecule has 0 radical (unpaired) electrons. The number of hydrogen-bond acceptors (Lipinski definition) is 2. The Morgan fingerprint density at radius 1 is 1.16 bits per heavy atom. The third-order valence-corrected chi connectivity index (χ3v) is 5.25. The highest BCUT2D eigenvalue weighted by Crippen LogP contribution is 2.41. The van der Waals surface area contributed by atoms with E-state index in [0.29, 0.717) is 17.0 Å². The van der Waals surface area contributed by atoms with Crippen molar-refractivity contribution in [3.05, 3.63) is 34.9 Å². The van der Waals surface area contributed by atoms with Gasteiger partial charge in [0.2, 0.25) is 0 Å². The summed E-state index contributed by atoms with van der Waals surface area (Å²) in [4.78, 5) is 17.3. The van der Waals surface area contributed by atoms with Crippen LogP contribution in [0.5, 0.6) is 0 Å². The van der Waals surface area contributed by atoms with Gasteiger partial charge in [-0.2, -0.15) is 0 Å². The van der Waals surface area contributed by atoms with Crippen molar-refractivity contribution < 1.29 is 4.79 Å². The molecule has 0 spiro atoms. The van der Waals surface area contributed by atoms with Crippen molar-refractivity contribution in [2.24, 2.45) is 11.8 Å². The van der Waals surface area contributed by atoms with Gasteiger partial charge in [-0.05, 0) is 49.1 Å². The third kappa shape index (κ3) is 1.79. The number of rotatable bonds is 1. The Bertz CT molecular complexity index is 515. The van der Waals surface area contributed by atoms with Gasteiger partial charge in [0.25, 0.3) is 5.91 Å². The first kappa shape index (κ1) is 11.7. The monoisotopic (exact) mass is 276 g/mol. The number of fused-ring (bicyclic) bond motifs is 1. The zero-order chi connectivity index (χ0) is 13.0. The van der Waals surface area contributed by atoms with Crippen LogP contribution in [0.2, 0.25) is 5.02 Å². The van der Waals surface area contributed by atoms with Crippen LogP contribution in [-0.2, 0) is 0 Å². The Labute approximate surface area is 118 Å². The summed E-state index contributed by atoms with van der Waals surface area (Å²) in [5, 5.41) is 0.682. The molecule has 4 atom stereocenters. The largest absolute Gasteiger partial charge is 0.334 e. The maximum Gasteiger partial charge on any atom is 0.254 e. The van der Waals surface area contributed by atoms with E-state index in [9.17, 15) is 4.79 Å². The molecule has 0 N–H and O–H groups in total. The number of benzene rings is 1. The highest BCUT2D eigenvalue weighted by atomic mass is 35.5. The molecule has 19 heavy (non-hydrogen) atoms. The van der Waals surface area contributed by atoms with Gasteiger partial charge in [0.1, 0.15) is 0 Å². The normalized spacial score (nSPS) is 35.7. The van der Waals surface area contributed by atoms with E-state index in [-0.39, 0.29) is 5.91 Å². The van der Waals surface area contributed by atoms with E-state index < -0.39 is 0 Å². The first-order chi connectivity index (χ1) is 9.22. The van der Waals surface area contributed by atoms with Gasteiger partial charge in [-0.15, -0.1) is 0 Å². The fourth-order valence-electron chi connectivity index (χ4n) is 4.10. The Hall–Kier alpha value is -1.06. The van der Waals surface area contributed by atoms with Gasteiger partial charge in [-0.25, -0.2) is 0 Å². The molecular formula is C15H17ClN2O. The van der Waals surface area contributed by atoms with Gasteiger partial charge in [-0.1, -0.05) is 11.6 Å². The molecule has 0 aromatic heterocycles. The summed E-state index contributed by atoms with van der Waals surface area (Å²) >= 11 is 5.88. The Balaban J connectivity index is 1.60. The number of carbonyl (C=O) groups is 1. The predicted octanol–water partition coefficient (Wildman–Crippen LogP) is 2.12. The van der Waals surface area contributed by atoms with Crippen LogP contribution in [0.25, 0.3) is 0 Å². The van der Waals surface area contributed by atoms with Gasteiger partial charge < -0.3 is 9.80 Å². The quantitative estimate of drug-likeness (QED) is 0.784. The smallest absolute Gasteiger partial charge is 0.254 e. The van der Waals surface area contributed by atoms with E-state index in [1.54, 1.807) is 12.1 Å². The van der Waals surface area contributed by atoms with Crippen molar-refractivity contribution in [3.8, 4) is 0 Å². The minimum Gasteiger partial charge on any atom is -0.334 e. The maximum atomic E-state index is 12.6.